The molecular formula is C10H23N3O3S. The van der Waals surface area contributed by atoms with Crippen LogP contribution in [0.2, 0.25) is 0 Å². The van der Waals surface area contributed by atoms with Gasteiger partial charge in [-0.1, -0.05) is 6.42 Å². The van der Waals surface area contributed by atoms with Crippen LogP contribution in [-0.2, 0) is 14.9 Å². The van der Waals surface area contributed by atoms with Gasteiger partial charge in [0, 0.05) is 32.8 Å². The fourth-order valence-corrected chi connectivity index (χ4v) is 3.08. The van der Waals surface area contributed by atoms with Gasteiger partial charge in [0.15, 0.2) is 0 Å². The van der Waals surface area contributed by atoms with E-state index in [4.69, 9.17) is 10.5 Å². The van der Waals surface area contributed by atoms with Crippen molar-refractivity contribution in [1.82, 2.24) is 9.03 Å². The van der Waals surface area contributed by atoms with Crippen molar-refractivity contribution in [2.45, 2.75) is 25.7 Å². The molecule has 0 aromatic rings. The number of nitrogens with two attached hydrogens (primary N) is 1. The molecule has 17 heavy (non-hydrogen) atoms. The van der Waals surface area contributed by atoms with Crippen molar-refractivity contribution in [2.24, 2.45) is 5.73 Å². The first-order chi connectivity index (χ1) is 8.17. The van der Waals surface area contributed by atoms with Crippen LogP contribution < -0.4 is 10.5 Å². The molecule has 1 aliphatic heterocycles. The molecule has 0 amide bonds. The standard InChI is InChI=1S/C10H23N3O3S/c11-5-10-16-9-4-6-12-17(14,15)13-7-2-1-3-8-13/h12H,1-11H2. The highest BCUT2D eigenvalue weighted by atomic mass is 32.2. The second-order valence-corrected chi connectivity index (χ2v) is 5.87. The summed E-state index contributed by atoms with van der Waals surface area (Å²) in [5.41, 5.74) is 5.27. The first kappa shape index (κ1) is 14.8. The van der Waals surface area contributed by atoms with E-state index in [1.165, 1.54) is 4.31 Å². The first-order valence-electron chi connectivity index (χ1n) is 6.19. The van der Waals surface area contributed by atoms with Crippen LogP contribution in [0, 0.1) is 0 Å². The van der Waals surface area contributed by atoms with Crippen molar-refractivity contribution in [2.75, 3.05) is 39.4 Å². The van der Waals surface area contributed by atoms with E-state index in [0.717, 1.165) is 19.3 Å². The zero-order valence-electron chi connectivity index (χ0n) is 10.2. The van der Waals surface area contributed by atoms with Crippen LogP contribution >= 0.6 is 0 Å². The fourth-order valence-electron chi connectivity index (χ4n) is 1.76. The third-order valence-corrected chi connectivity index (χ3v) is 4.28. The number of piperidine rings is 1. The number of rotatable bonds is 8. The predicted molar refractivity (Wildman–Crippen MR) is 66.8 cm³/mol. The lowest BCUT2D eigenvalue weighted by Crippen LogP contribution is -2.43. The highest BCUT2D eigenvalue weighted by Gasteiger charge is 2.22. The molecule has 0 saturated carbocycles. The molecule has 1 fully saturated rings. The highest BCUT2D eigenvalue weighted by Crippen LogP contribution is 2.11. The summed E-state index contributed by atoms with van der Waals surface area (Å²) in [6.07, 6.45) is 3.72. The Kier molecular flexibility index (Phi) is 6.98. The smallest absolute Gasteiger partial charge is 0.279 e. The minimum atomic E-state index is -3.27. The lowest BCUT2D eigenvalue weighted by Gasteiger charge is -2.25. The van der Waals surface area contributed by atoms with Gasteiger partial charge >= 0.3 is 0 Å². The van der Waals surface area contributed by atoms with Gasteiger partial charge in [-0.25, -0.2) is 4.72 Å². The van der Waals surface area contributed by atoms with Crippen LogP contribution in [0.15, 0.2) is 0 Å². The predicted octanol–water partition coefficient (Wildman–Crippen LogP) is -0.328. The molecule has 1 aliphatic rings. The van der Waals surface area contributed by atoms with Gasteiger partial charge in [-0.3, -0.25) is 0 Å². The summed E-state index contributed by atoms with van der Waals surface area (Å²) in [6.45, 7) is 3.26. The molecule has 0 spiro atoms. The van der Waals surface area contributed by atoms with Crippen LogP contribution in [0.3, 0.4) is 0 Å². The molecule has 0 bridgehead atoms. The largest absolute Gasteiger partial charge is 0.380 e. The van der Waals surface area contributed by atoms with Gasteiger partial charge in [-0.2, -0.15) is 12.7 Å². The van der Waals surface area contributed by atoms with Crippen molar-refractivity contribution in [3.05, 3.63) is 0 Å². The summed E-state index contributed by atoms with van der Waals surface area (Å²) in [6, 6.07) is 0. The Hall–Kier alpha value is -0.210. The lowest BCUT2D eigenvalue weighted by atomic mass is 10.2. The molecule has 3 N–H and O–H groups in total. The average Bonchev–Trinajstić information content (AvgIpc) is 2.35. The Morgan fingerprint density at radius 3 is 2.53 bits per heavy atom. The Morgan fingerprint density at radius 2 is 1.88 bits per heavy atom. The maximum Gasteiger partial charge on any atom is 0.279 e. The van der Waals surface area contributed by atoms with Crippen LogP contribution in [-0.4, -0.2) is 52.1 Å². The van der Waals surface area contributed by atoms with Crippen molar-refractivity contribution in [1.29, 1.82) is 0 Å². The molecular weight excluding hydrogens is 242 g/mol. The van der Waals surface area contributed by atoms with E-state index >= 15 is 0 Å². The lowest BCUT2D eigenvalue weighted by molar-refractivity contribution is 0.140. The van der Waals surface area contributed by atoms with E-state index in [-0.39, 0.29) is 0 Å². The van der Waals surface area contributed by atoms with Crippen LogP contribution in [0.1, 0.15) is 25.7 Å². The SMILES string of the molecule is NCCOCCCNS(=O)(=O)N1CCCCC1. The number of hydrogen-bond donors (Lipinski definition) is 2. The fraction of sp³-hybridized carbons (Fsp3) is 1.00. The van der Waals surface area contributed by atoms with Crippen LogP contribution in [0.25, 0.3) is 0 Å². The van der Waals surface area contributed by atoms with Crippen molar-refractivity contribution >= 4 is 10.2 Å². The number of ether oxygens (including phenoxy) is 1. The van der Waals surface area contributed by atoms with E-state index < -0.39 is 10.2 Å². The van der Waals surface area contributed by atoms with E-state index in [2.05, 4.69) is 4.72 Å². The summed E-state index contributed by atoms with van der Waals surface area (Å²) < 4.78 is 32.9. The van der Waals surface area contributed by atoms with Crippen LogP contribution in [0.5, 0.6) is 0 Å². The second kappa shape index (κ2) is 7.99. The van der Waals surface area contributed by atoms with Crippen LogP contribution in [0.4, 0.5) is 0 Å². The van der Waals surface area contributed by atoms with E-state index in [1.807, 2.05) is 0 Å². The molecule has 1 heterocycles. The van der Waals surface area contributed by atoms with Gasteiger partial charge in [0.1, 0.15) is 0 Å². The van der Waals surface area contributed by atoms with E-state index in [9.17, 15) is 8.42 Å². The van der Waals surface area contributed by atoms with Gasteiger partial charge in [-0.05, 0) is 19.3 Å². The molecule has 1 saturated heterocycles. The Labute approximate surface area is 104 Å². The summed E-state index contributed by atoms with van der Waals surface area (Å²) >= 11 is 0. The van der Waals surface area contributed by atoms with Gasteiger partial charge < -0.3 is 10.5 Å². The zero-order valence-corrected chi connectivity index (χ0v) is 11.0. The third kappa shape index (κ3) is 5.78. The Morgan fingerprint density at radius 1 is 1.18 bits per heavy atom. The molecule has 102 valence electrons. The molecule has 7 heteroatoms. The number of nitrogens with zero attached hydrogens (tertiary/aromatic N) is 1. The first-order valence-corrected chi connectivity index (χ1v) is 7.63. The summed E-state index contributed by atoms with van der Waals surface area (Å²) in [5, 5.41) is 0. The summed E-state index contributed by atoms with van der Waals surface area (Å²) in [5.74, 6) is 0. The van der Waals surface area contributed by atoms with Crippen molar-refractivity contribution in [3.63, 3.8) is 0 Å². The normalized spacial score (nSPS) is 18.4. The maximum atomic E-state index is 11.8. The molecule has 0 aliphatic carbocycles. The third-order valence-electron chi connectivity index (χ3n) is 2.67. The van der Waals surface area contributed by atoms with E-state index in [0.29, 0.717) is 45.8 Å². The molecule has 0 radical (unpaired) electrons. The summed E-state index contributed by atoms with van der Waals surface area (Å²) in [7, 11) is -3.27. The molecule has 0 unspecified atom stereocenters. The van der Waals surface area contributed by atoms with Crippen molar-refractivity contribution < 1.29 is 13.2 Å². The van der Waals surface area contributed by atoms with Gasteiger partial charge in [0.25, 0.3) is 10.2 Å². The van der Waals surface area contributed by atoms with Gasteiger partial charge in [-0.15, -0.1) is 0 Å². The minimum Gasteiger partial charge on any atom is -0.380 e. The minimum absolute atomic E-state index is 0.420. The topological polar surface area (TPSA) is 84.7 Å². The van der Waals surface area contributed by atoms with Gasteiger partial charge in [0.05, 0.1) is 6.61 Å². The Balaban J connectivity index is 2.15. The van der Waals surface area contributed by atoms with Gasteiger partial charge in [0.2, 0.25) is 0 Å². The number of hydrogen-bond acceptors (Lipinski definition) is 4. The number of nitrogens with one attached hydrogen (secondary N) is 1. The zero-order chi connectivity index (χ0) is 12.6. The van der Waals surface area contributed by atoms with E-state index in [1.54, 1.807) is 0 Å². The average molecular weight is 265 g/mol. The molecule has 0 aromatic carbocycles. The second-order valence-electron chi connectivity index (χ2n) is 4.11. The Bertz CT molecular complexity index is 289. The summed E-state index contributed by atoms with van der Waals surface area (Å²) in [4.78, 5) is 0. The highest BCUT2D eigenvalue weighted by molar-refractivity contribution is 7.87. The monoisotopic (exact) mass is 265 g/mol. The molecule has 1 rings (SSSR count). The quantitative estimate of drug-likeness (QED) is 0.589. The maximum absolute atomic E-state index is 11.8. The van der Waals surface area contributed by atoms with Crippen molar-refractivity contribution in [3.8, 4) is 0 Å². The molecule has 0 aromatic heterocycles. The molecule has 0 atom stereocenters. The molecule has 6 nitrogen and oxygen atoms in total.